The Morgan fingerprint density at radius 1 is 1.44 bits per heavy atom. The monoisotopic (exact) mass is 159 g/mol. The molecule has 0 heterocycles. The van der Waals surface area contributed by atoms with Gasteiger partial charge in [0.15, 0.2) is 5.71 Å². The van der Waals surface area contributed by atoms with Crippen molar-refractivity contribution in [2.75, 3.05) is 0 Å². The first kappa shape index (κ1) is 8.42. The van der Waals surface area contributed by atoms with Crippen LogP contribution in [-0.4, -0.2) is 17.1 Å². The summed E-state index contributed by atoms with van der Waals surface area (Å²) < 4.78 is 33.5. The van der Waals surface area contributed by atoms with E-state index in [0.29, 0.717) is 0 Å². The van der Waals surface area contributed by atoms with Crippen molar-refractivity contribution >= 4 is 22.6 Å². The number of carbonyl (C=O) groups excluding carboxylic acids is 1. The molecule has 0 aromatic rings. The molecule has 0 saturated heterocycles. The average molecular weight is 159 g/mol. The second-order valence-electron chi connectivity index (χ2n) is 1.15. The van der Waals surface area contributed by atoms with E-state index in [1.807, 2.05) is 0 Å². The van der Waals surface area contributed by atoms with Crippen molar-refractivity contribution in [3.63, 3.8) is 0 Å². The Bertz CT molecular complexity index is 152. The molecule has 0 unspecified atom stereocenters. The van der Waals surface area contributed by atoms with Crippen molar-refractivity contribution in [2.24, 2.45) is 0 Å². The summed E-state index contributed by atoms with van der Waals surface area (Å²) in [5.74, 6) is 0. The molecule has 52 valence electrons. The number of halogens is 4. The van der Waals surface area contributed by atoms with Gasteiger partial charge in [0.2, 0.25) is 0 Å². The van der Waals surface area contributed by atoms with Crippen molar-refractivity contribution in [3.8, 4) is 0 Å². The average Bonchev–Trinajstić information content (AvgIpc) is 1.62. The summed E-state index contributed by atoms with van der Waals surface area (Å²) in [6.07, 6.45) is -4.92. The predicted octanol–water partition coefficient (Wildman–Crippen LogP) is 1.33. The standard InChI is InChI=1S/C3HClF3NO/c4-2(9)1(8)3(5,6)7/h8H. The van der Waals surface area contributed by atoms with Crippen LogP contribution in [-0.2, 0) is 4.79 Å². The third kappa shape index (κ3) is 2.46. The van der Waals surface area contributed by atoms with Crippen LogP contribution >= 0.6 is 11.6 Å². The van der Waals surface area contributed by atoms with Gasteiger partial charge in [-0.25, -0.2) is 0 Å². The van der Waals surface area contributed by atoms with Crippen LogP contribution < -0.4 is 0 Å². The fraction of sp³-hybridized carbons (Fsp3) is 0.333. The van der Waals surface area contributed by atoms with Gasteiger partial charge in [0.05, 0.1) is 0 Å². The van der Waals surface area contributed by atoms with E-state index < -0.39 is 17.1 Å². The van der Waals surface area contributed by atoms with Gasteiger partial charge in [0.1, 0.15) is 0 Å². The number of alkyl halides is 3. The highest BCUT2D eigenvalue weighted by molar-refractivity contribution is 6.82. The molecule has 9 heavy (non-hydrogen) atoms. The van der Waals surface area contributed by atoms with Gasteiger partial charge in [-0.05, 0) is 11.6 Å². The Morgan fingerprint density at radius 2 is 1.78 bits per heavy atom. The van der Waals surface area contributed by atoms with Crippen LogP contribution in [0.5, 0.6) is 0 Å². The van der Waals surface area contributed by atoms with Crippen LogP contribution in [0.25, 0.3) is 0 Å². The number of hydrogen-bond donors (Lipinski definition) is 1. The van der Waals surface area contributed by atoms with Crippen molar-refractivity contribution in [1.29, 1.82) is 5.41 Å². The van der Waals surface area contributed by atoms with Crippen LogP contribution in [0.4, 0.5) is 13.2 Å². The molecule has 0 radical (unpaired) electrons. The molecule has 0 rings (SSSR count). The van der Waals surface area contributed by atoms with Gasteiger partial charge in [-0.1, -0.05) is 0 Å². The summed E-state index contributed by atoms with van der Waals surface area (Å²) in [5.41, 5.74) is -2.04. The van der Waals surface area contributed by atoms with Crippen LogP contribution in [0, 0.1) is 5.41 Å². The minimum absolute atomic E-state index is 1.79. The molecule has 0 amide bonds. The number of rotatable bonds is 1. The predicted molar refractivity (Wildman–Crippen MR) is 24.6 cm³/mol. The molecule has 6 heteroatoms. The second kappa shape index (κ2) is 2.34. The molecule has 0 spiro atoms. The number of nitrogens with one attached hydrogen (secondary N) is 1. The van der Waals surface area contributed by atoms with E-state index in [1.54, 1.807) is 0 Å². The molecule has 0 atom stereocenters. The minimum atomic E-state index is -4.92. The Kier molecular flexibility index (Phi) is 2.19. The highest BCUT2D eigenvalue weighted by Crippen LogP contribution is 2.17. The third-order valence-electron chi connectivity index (χ3n) is 0.480. The van der Waals surface area contributed by atoms with E-state index >= 15 is 0 Å². The first-order valence-corrected chi connectivity index (χ1v) is 2.09. The zero-order chi connectivity index (χ0) is 7.65. The molecule has 0 saturated carbocycles. The van der Waals surface area contributed by atoms with Crippen LogP contribution in [0.3, 0.4) is 0 Å². The zero-order valence-corrected chi connectivity index (χ0v) is 4.68. The van der Waals surface area contributed by atoms with Gasteiger partial charge in [-0.15, -0.1) is 0 Å². The van der Waals surface area contributed by atoms with E-state index in [9.17, 15) is 18.0 Å². The first-order chi connectivity index (χ1) is 3.85. The Hall–Kier alpha value is -0.580. The Labute approximate surface area is 53.1 Å². The van der Waals surface area contributed by atoms with Gasteiger partial charge in [0, 0.05) is 0 Å². The molecule has 0 aliphatic rings. The van der Waals surface area contributed by atoms with Crippen molar-refractivity contribution < 1.29 is 18.0 Å². The van der Waals surface area contributed by atoms with Gasteiger partial charge in [-0.3, -0.25) is 10.2 Å². The van der Waals surface area contributed by atoms with Crippen LogP contribution in [0.15, 0.2) is 0 Å². The zero-order valence-electron chi connectivity index (χ0n) is 3.92. The van der Waals surface area contributed by atoms with E-state index in [1.165, 1.54) is 0 Å². The minimum Gasteiger partial charge on any atom is -0.292 e. The molecule has 0 fully saturated rings. The smallest absolute Gasteiger partial charge is 0.292 e. The molecule has 0 aliphatic heterocycles. The Balaban J connectivity index is 4.23. The third-order valence-corrected chi connectivity index (χ3v) is 0.669. The highest BCUT2D eigenvalue weighted by atomic mass is 35.5. The summed E-state index contributed by atoms with van der Waals surface area (Å²) in [5, 5.41) is 4.20. The maximum atomic E-state index is 11.2. The maximum Gasteiger partial charge on any atom is 0.437 e. The largest absolute Gasteiger partial charge is 0.437 e. The van der Waals surface area contributed by atoms with Gasteiger partial charge < -0.3 is 0 Å². The molecule has 0 aliphatic carbocycles. The fourth-order valence-electron chi connectivity index (χ4n) is 0.111. The van der Waals surface area contributed by atoms with E-state index in [0.717, 1.165) is 0 Å². The lowest BCUT2D eigenvalue weighted by Gasteiger charge is -2.00. The SMILES string of the molecule is N=C(C(=O)Cl)C(F)(F)F. The number of carbonyl (C=O) groups is 1. The summed E-state index contributed by atoms with van der Waals surface area (Å²) in [6.45, 7) is 0. The molecule has 1 N–H and O–H groups in total. The first-order valence-electron chi connectivity index (χ1n) is 1.71. The highest BCUT2D eigenvalue weighted by Gasteiger charge is 2.38. The van der Waals surface area contributed by atoms with Gasteiger partial charge >= 0.3 is 6.18 Å². The van der Waals surface area contributed by atoms with Gasteiger partial charge in [-0.2, -0.15) is 13.2 Å². The molecule has 0 aromatic heterocycles. The molecular weight excluding hydrogens is 158 g/mol. The maximum absolute atomic E-state index is 11.2. The number of hydrogen-bond acceptors (Lipinski definition) is 2. The lowest BCUT2D eigenvalue weighted by Crippen LogP contribution is -2.26. The van der Waals surface area contributed by atoms with E-state index in [-0.39, 0.29) is 0 Å². The summed E-state index contributed by atoms with van der Waals surface area (Å²) in [4.78, 5) is 9.61. The van der Waals surface area contributed by atoms with Gasteiger partial charge in [0.25, 0.3) is 5.24 Å². The topological polar surface area (TPSA) is 40.9 Å². The quantitative estimate of drug-likeness (QED) is 0.455. The fourth-order valence-corrected chi connectivity index (χ4v) is 0.219. The van der Waals surface area contributed by atoms with E-state index in [4.69, 9.17) is 5.41 Å². The molecule has 0 aromatic carbocycles. The van der Waals surface area contributed by atoms with Crippen LogP contribution in [0.2, 0.25) is 0 Å². The molecular formula is C3HClF3NO. The summed E-state index contributed by atoms with van der Waals surface area (Å²) in [6, 6.07) is 0. The molecule has 2 nitrogen and oxygen atoms in total. The van der Waals surface area contributed by atoms with Crippen molar-refractivity contribution in [3.05, 3.63) is 0 Å². The second-order valence-corrected chi connectivity index (χ2v) is 1.49. The van der Waals surface area contributed by atoms with E-state index in [2.05, 4.69) is 11.6 Å². The summed E-state index contributed by atoms with van der Waals surface area (Å²) >= 11 is 4.33. The lowest BCUT2D eigenvalue weighted by molar-refractivity contribution is -0.110. The Morgan fingerprint density at radius 3 is 1.78 bits per heavy atom. The van der Waals surface area contributed by atoms with Crippen molar-refractivity contribution in [2.45, 2.75) is 6.18 Å². The van der Waals surface area contributed by atoms with Crippen LogP contribution in [0.1, 0.15) is 0 Å². The summed E-state index contributed by atoms with van der Waals surface area (Å²) in [7, 11) is 0. The normalized spacial score (nSPS) is 11.1. The van der Waals surface area contributed by atoms with Crippen molar-refractivity contribution in [1.82, 2.24) is 0 Å². The lowest BCUT2D eigenvalue weighted by atomic mass is 10.4. The molecule has 0 bridgehead atoms.